The number of hydrogen-bond donors (Lipinski definition) is 0. The molecule has 0 aliphatic carbocycles. The Morgan fingerprint density at radius 2 is 1.38 bits per heavy atom. The molecule has 6 heteroatoms. The van der Waals surface area contributed by atoms with Crippen molar-refractivity contribution in [3.8, 4) is 0 Å². The molecule has 6 nitrogen and oxygen atoms in total. The van der Waals surface area contributed by atoms with E-state index in [1.807, 2.05) is 0 Å². The van der Waals surface area contributed by atoms with Gasteiger partial charge in [-0.2, -0.15) is 0 Å². The number of carbonyl (C=O) groups excluding carboxylic acids is 3. The molecule has 0 aliphatic rings. The average Bonchev–Trinajstić information content (AvgIpc) is 2.43. The summed E-state index contributed by atoms with van der Waals surface area (Å²) in [5, 5.41) is 0. The van der Waals surface area contributed by atoms with Crippen LogP contribution in [-0.4, -0.2) is 37.7 Å². The van der Waals surface area contributed by atoms with Crippen LogP contribution in [0.2, 0.25) is 0 Å². The highest BCUT2D eigenvalue weighted by atomic mass is 16.6. The number of carbonyl (C=O) groups is 3. The van der Waals surface area contributed by atoms with Gasteiger partial charge in [-0.1, -0.05) is 12.2 Å². The Bertz CT molecular complexity index is 343. The summed E-state index contributed by atoms with van der Waals surface area (Å²) in [5.41, 5.74) is 0. The first-order valence-corrected chi connectivity index (χ1v) is 7.20. The number of rotatable bonds is 10. The third kappa shape index (κ3) is 8.83. The minimum Gasteiger partial charge on any atom is -0.466 e. The molecule has 0 bridgehead atoms. The third-order valence-electron chi connectivity index (χ3n) is 2.52. The second-order valence-electron chi connectivity index (χ2n) is 4.11. The quantitative estimate of drug-likeness (QED) is 0.266. The van der Waals surface area contributed by atoms with Crippen LogP contribution in [0.1, 0.15) is 40.0 Å². The van der Waals surface area contributed by atoms with E-state index in [1.165, 1.54) is 0 Å². The van der Waals surface area contributed by atoms with Crippen LogP contribution >= 0.6 is 0 Å². The van der Waals surface area contributed by atoms with Gasteiger partial charge in [0.15, 0.2) is 5.92 Å². The summed E-state index contributed by atoms with van der Waals surface area (Å²) in [6.07, 6.45) is 4.34. The Balaban J connectivity index is 4.29. The predicted molar refractivity (Wildman–Crippen MR) is 76.4 cm³/mol. The maximum absolute atomic E-state index is 11.7. The fraction of sp³-hybridized carbons (Fsp3) is 0.667. The molecule has 0 radical (unpaired) electrons. The highest BCUT2D eigenvalue weighted by molar-refractivity contribution is 5.94. The van der Waals surface area contributed by atoms with Gasteiger partial charge >= 0.3 is 17.9 Å². The van der Waals surface area contributed by atoms with E-state index in [0.717, 1.165) is 0 Å². The van der Waals surface area contributed by atoms with Crippen LogP contribution in [0.3, 0.4) is 0 Å². The van der Waals surface area contributed by atoms with Crippen molar-refractivity contribution in [2.75, 3.05) is 19.8 Å². The van der Waals surface area contributed by atoms with Gasteiger partial charge in [-0.15, -0.1) is 0 Å². The van der Waals surface area contributed by atoms with E-state index in [-0.39, 0.29) is 32.0 Å². The summed E-state index contributed by atoms with van der Waals surface area (Å²) in [6, 6.07) is 0. The molecule has 0 fully saturated rings. The fourth-order valence-electron chi connectivity index (χ4n) is 1.60. The number of ether oxygens (including phenoxy) is 3. The normalized spacial score (nSPS) is 10.7. The van der Waals surface area contributed by atoms with Crippen molar-refractivity contribution in [1.29, 1.82) is 0 Å². The van der Waals surface area contributed by atoms with Gasteiger partial charge in [0.25, 0.3) is 0 Å². The molecule has 120 valence electrons. The Hall–Kier alpha value is -1.85. The summed E-state index contributed by atoms with van der Waals surface area (Å²) in [5.74, 6) is -2.37. The van der Waals surface area contributed by atoms with Crippen LogP contribution in [0.5, 0.6) is 0 Å². The number of esters is 3. The Labute approximate surface area is 125 Å². The monoisotopic (exact) mass is 300 g/mol. The van der Waals surface area contributed by atoms with E-state index < -0.39 is 17.9 Å². The first-order valence-electron chi connectivity index (χ1n) is 7.20. The van der Waals surface area contributed by atoms with Gasteiger partial charge in [0.1, 0.15) is 0 Å². The molecule has 0 rings (SSSR count). The molecule has 0 aromatic rings. The lowest BCUT2D eigenvalue weighted by atomic mass is 10.0. The van der Waals surface area contributed by atoms with E-state index in [1.54, 1.807) is 32.9 Å². The van der Waals surface area contributed by atoms with Gasteiger partial charge in [0.2, 0.25) is 0 Å². The van der Waals surface area contributed by atoms with Gasteiger partial charge in [-0.25, -0.2) is 0 Å². The summed E-state index contributed by atoms with van der Waals surface area (Å²) >= 11 is 0. The lowest BCUT2D eigenvalue weighted by Gasteiger charge is -2.13. The van der Waals surface area contributed by atoms with Gasteiger partial charge in [0.05, 0.1) is 26.2 Å². The molecule has 0 heterocycles. The lowest BCUT2D eigenvalue weighted by molar-refractivity contribution is -0.161. The summed E-state index contributed by atoms with van der Waals surface area (Å²) < 4.78 is 14.5. The lowest BCUT2D eigenvalue weighted by Crippen LogP contribution is -2.28. The Morgan fingerprint density at radius 3 is 1.86 bits per heavy atom. The van der Waals surface area contributed by atoms with Crippen LogP contribution in [0.4, 0.5) is 0 Å². The first kappa shape index (κ1) is 19.1. The van der Waals surface area contributed by atoms with E-state index in [4.69, 9.17) is 14.2 Å². The van der Waals surface area contributed by atoms with E-state index in [0.29, 0.717) is 13.0 Å². The van der Waals surface area contributed by atoms with Crippen LogP contribution in [0, 0.1) is 5.92 Å². The van der Waals surface area contributed by atoms with Crippen molar-refractivity contribution in [1.82, 2.24) is 0 Å². The zero-order valence-corrected chi connectivity index (χ0v) is 12.9. The molecule has 0 aliphatic heterocycles. The molecule has 0 amide bonds. The zero-order valence-electron chi connectivity index (χ0n) is 12.9. The SMILES string of the molecule is CCOC(=O)C/C=C/CCC(C(=O)OCC)C(=O)OCC. The molecule has 0 aromatic carbocycles. The maximum atomic E-state index is 11.7. The van der Waals surface area contributed by atoms with Crippen molar-refractivity contribution in [3.05, 3.63) is 12.2 Å². The zero-order chi connectivity index (χ0) is 16.1. The van der Waals surface area contributed by atoms with E-state index in [9.17, 15) is 14.4 Å². The first-order chi connectivity index (χ1) is 10.1. The smallest absolute Gasteiger partial charge is 0.320 e. The molecular weight excluding hydrogens is 276 g/mol. The van der Waals surface area contributed by atoms with Crippen molar-refractivity contribution in [2.45, 2.75) is 40.0 Å². The Kier molecular flexibility index (Phi) is 10.9. The van der Waals surface area contributed by atoms with Gasteiger partial charge < -0.3 is 14.2 Å². The van der Waals surface area contributed by atoms with Crippen LogP contribution in [0.15, 0.2) is 12.2 Å². The highest BCUT2D eigenvalue weighted by Crippen LogP contribution is 2.12. The van der Waals surface area contributed by atoms with Crippen molar-refractivity contribution in [2.24, 2.45) is 5.92 Å². The predicted octanol–water partition coefficient (Wildman–Crippen LogP) is 2.02. The average molecular weight is 300 g/mol. The minimum absolute atomic E-state index is 0.178. The van der Waals surface area contributed by atoms with E-state index in [2.05, 4.69) is 0 Å². The van der Waals surface area contributed by atoms with Crippen LogP contribution in [0.25, 0.3) is 0 Å². The summed E-state index contributed by atoms with van der Waals surface area (Å²) in [6.45, 7) is 5.88. The van der Waals surface area contributed by atoms with Crippen LogP contribution < -0.4 is 0 Å². The second-order valence-corrected chi connectivity index (χ2v) is 4.11. The largest absolute Gasteiger partial charge is 0.466 e. The molecule has 21 heavy (non-hydrogen) atoms. The van der Waals surface area contributed by atoms with Crippen molar-refractivity contribution < 1.29 is 28.6 Å². The molecule has 0 N–H and O–H groups in total. The second kappa shape index (κ2) is 11.9. The van der Waals surface area contributed by atoms with Crippen LogP contribution in [-0.2, 0) is 28.6 Å². The molecular formula is C15H24O6. The van der Waals surface area contributed by atoms with E-state index >= 15 is 0 Å². The molecule has 0 unspecified atom stereocenters. The number of hydrogen-bond acceptors (Lipinski definition) is 6. The summed E-state index contributed by atoms with van der Waals surface area (Å²) in [7, 11) is 0. The Morgan fingerprint density at radius 1 is 0.857 bits per heavy atom. The molecule has 0 spiro atoms. The molecule has 0 saturated heterocycles. The van der Waals surface area contributed by atoms with Crippen molar-refractivity contribution in [3.63, 3.8) is 0 Å². The molecule has 0 atom stereocenters. The maximum Gasteiger partial charge on any atom is 0.320 e. The van der Waals surface area contributed by atoms with Gasteiger partial charge in [0, 0.05) is 0 Å². The fourth-order valence-corrected chi connectivity index (χ4v) is 1.60. The highest BCUT2D eigenvalue weighted by Gasteiger charge is 2.28. The number of allylic oxidation sites excluding steroid dienone is 1. The molecule has 0 saturated carbocycles. The molecule has 0 aromatic heterocycles. The summed E-state index contributed by atoms with van der Waals surface area (Å²) in [4.78, 5) is 34.5. The third-order valence-corrected chi connectivity index (χ3v) is 2.52. The minimum atomic E-state index is -0.919. The standard InChI is InChI=1S/C15H24O6/c1-4-19-13(16)11-9-7-8-10-12(14(17)20-5-2)15(18)21-6-3/h7,9,12H,4-6,8,10-11H2,1-3H3/b9-7+. The van der Waals surface area contributed by atoms with Crippen molar-refractivity contribution >= 4 is 17.9 Å². The van der Waals surface area contributed by atoms with Gasteiger partial charge in [-0.3, -0.25) is 14.4 Å². The topological polar surface area (TPSA) is 78.9 Å². The van der Waals surface area contributed by atoms with Gasteiger partial charge in [-0.05, 0) is 33.6 Å².